The third-order valence-electron chi connectivity index (χ3n) is 3.55. The zero-order valence-corrected chi connectivity index (χ0v) is 13.7. The number of halogens is 1. The Morgan fingerprint density at radius 1 is 1.41 bits per heavy atom. The monoisotopic (exact) mass is 347 g/mol. The summed E-state index contributed by atoms with van der Waals surface area (Å²) >= 11 is 6.02. The molecule has 0 aliphatic carbocycles. The summed E-state index contributed by atoms with van der Waals surface area (Å²) in [6.45, 7) is 2.02. The second kappa shape index (κ2) is 6.95. The number of hydrogen-bond donors (Lipinski definition) is 1. The van der Waals surface area contributed by atoms with Crippen LogP contribution in [-0.4, -0.2) is 49.6 Å². The van der Waals surface area contributed by atoms with Crippen molar-refractivity contribution in [3.05, 3.63) is 28.8 Å². The molecule has 0 saturated carbocycles. The van der Waals surface area contributed by atoms with Crippen LogP contribution in [0.15, 0.2) is 23.1 Å². The maximum Gasteiger partial charge on any atom is 0.329 e. The van der Waals surface area contributed by atoms with Gasteiger partial charge in [-0.1, -0.05) is 17.7 Å². The number of hydrogen-bond acceptors (Lipinski definition) is 4. The third kappa shape index (κ3) is 3.98. The third-order valence-corrected chi connectivity index (χ3v) is 5.93. The van der Waals surface area contributed by atoms with Crippen LogP contribution < -0.4 is 0 Å². The standard InChI is InChI=1S/C14H18ClNO5S/c1-10-2-3-12(15)13(8-10)22(19,20)16-6-4-11(5-7-16)21-9-14(17)18/h2-3,8,11H,4-7,9H2,1H3,(H,17,18). The van der Waals surface area contributed by atoms with Gasteiger partial charge >= 0.3 is 5.97 Å². The Bertz CT molecular complexity index is 653. The molecule has 0 radical (unpaired) electrons. The van der Waals surface area contributed by atoms with Crippen molar-refractivity contribution in [2.45, 2.75) is 30.8 Å². The van der Waals surface area contributed by atoms with Crippen LogP contribution in [0.2, 0.25) is 5.02 Å². The van der Waals surface area contributed by atoms with E-state index < -0.39 is 16.0 Å². The number of sulfonamides is 1. The molecule has 1 fully saturated rings. The molecule has 1 aromatic carbocycles. The van der Waals surface area contributed by atoms with Crippen LogP contribution in [0, 0.1) is 6.92 Å². The van der Waals surface area contributed by atoms with Crippen molar-refractivity contribution in [3.8, 4) is 0 Å². The molecule has 1 saturated heterocycles. The Kier molecular flexibility index (Phi) is 5.44. The summed E-state index contributed by atoms with van der Waals surface area (Å²) in [6, 6.07) is 4.89. The van der Waals surface area contributed by atoms with Crippen molar-refractivity contribution in [2.24, 2.45) is 0 Å². The van der Waals surface area contributed by atoms with E-state index in [2.05, 4.69) is 0 Å². The van der Waals surface area contributed by atoms with Gasteiger partial charge in [-0.05, 0) is 37.5 Å². The SMILES string of the molecule is Cc1ccc(Cl)c(S(=O)(=O)N2CCC(OCC(=O)O)CC2)c1. The fourth-order valence-corrected chi connectivity index (χ4v) is 4.40. The molecule has 1 aliphatic heterocycles. The highest BCUT2D eigenvalue weighted by molar-refractivity contribution is 7.89. The minimum absolute atomic E-state index is 0.110. The molecule has 1 aliphatic rings. The van der Waals surface area contributed by atoms with Crippen molar-refractivity contribution >= 4 is 27.6 Å². The van der Waals surface area contributed by atoms with E-state index in [1.165, 1.54) is 4.31 Å². The molecule has 0 bridgehead atoms. The van der Waals surface area contributed by atoms with Gasteiger partial charge in [-0.25, -0.2) is 13.2 Å². The predicted molar refractivity (Wildman–Crippen MR) is 81.6 cm³/mol. The van der Waals surface area contributed by atoms with Crippen LogP contribution >= 0.6 is 11.6 Å². The first-order valence-electron chi connectivity index (χ1n) is 6.90. The van der Waals surface area contributed by atoms with Gasteiger partial charge in [0.05, 0.1) is 11.1 Å². The second-order valence-electron chi connectivity index (χ2n) is 5.24. The van der Waals surface area contributed by atoms with E-state index in [0.29, 0.717) is 12.8 Å². The van der Waals surface area contributed by atoms with Crippen LogP contribution in [0.25, 0.3) is 0 Å². The Labute approximate surface area is 134 Å². The highest BCUT2D eigenvalue weighted by Gasteiger charge is 2.31. The molecule has 0 atom stereocenters. The minimum atomic E-state index is -3.64. The maximum absolute atomic E-state index is 12.6. The van der Waals surface area contributed by atoms with Gasteiger partial charge < -0.3 is 9.84 Å². The number of carboxylic acid groups (broad SMARTS) is 1. The van der Waals surface area contributed by atoms with Gasteiger partial charge in [0, 0.05) is 13.1 Å². The predicted octanol–water partition coefficient (Wildman–Crippen LogP) is 1.90. The molecule has 6 nitrogen and oxygen atoms in total. The van der Waals surface area contributed by atoms with Gasteiger partial charge in [0.15, 0.2) is 0 Å². The Balaban J connectivity index is 2.06. The minimum Gasteiger partial charge on any atom is -0.480 e. The van der Waals surface area contributed by atoms with Crippen molar-refractivity contribution in [2.75, 3.05) is 19.7 Å². The first-order valence-corrected chi connectivity index (χ1v) is 8.72. The molecule has 0 unspecified atom stereocenters. The summed E-state index contributed by atoms with van der Waals surface area (Å²) in [4.78, 5) is 10.6. The summed E-state index contributed by atoms with van der Waals surface area (Å²) in [5.41, 5.74) is 0.822. The first kappa shape index (κ1) is 17.2. The summed E-state index contributed by atoms with van der Waals surface area (Å²) in [7, 11) is -3.64. The smallest absolute Gasteiger partial charge is 0.329 e. The molecule has 1 N–H and O–H groups in total. The number of aliphatic carboxylic acids is 1. The van der Waals surface area contributed by atoms with Gasteiger partial charge in [0.1, 0.15) is 11.5 Å². The molecular formula is C14H18ClNO5S. The van der Waals surface area contributed by atoms with E-state index in [-0.39, 0.29) is 35.7 Å². The molecule has 0 amide bonds. The van der Waals surface area contributed by atoms with Crippen molar-refractivity contribution in [1.29, 1.82) is 0 Å². The van der Waals surface area contributed by atoms with Gasteiger partial charge in [0.2, 0.25) is 10.0 Å². The molecule has 2 rings (SSSR count). The van der Waals surface area contributed by atoms with E-state index in [9.17, 15) is 13.2 Å². The van der Waals surface area contributed by atoms with Crippen LogP contribution in [-0.2, 0) is 19.6 Å². The molecule has 1 heterocycles. The number of carbonyl (C=O) groups is 1. The lowest BCUT2D eigenvalue weighted by molar-refractivity contribution is -0.145. The quantitative estimate of drug-likeness (QED) is 0.879. The molecule has 22 heavy (non-hydrogen) atoms. The van der Waals surface area contributed by atoms with Crippen LogP contribution in [0.1, 0.15) is 18.4 Å². The van der Waals surface area contributed by atoms with E-state index >= 15 is 0 Å². The summed E-state index contributed by atoms with van der Waals surface area (Å²) in [5, 5.41) is 8.79. The van der Waals surface area contributed by atoms with E-state index in [0.717, 1.165) is 5.56 Å². The highest BCUT2D eigenvalue weighted by atomic mass is 35.5. The van der Waals surface area contributed by atoms with Crippen molar-refractivity contribution in [1.82, 2.24) is 4.31 Å². The number of rotatable bonds is 5. The van der Waals surface area contributed by atoms with E-state index in [1.54, 1.807) is 25.1 Å². The molecule has 0 aromatic heterocycles. The lowest BCUT2D eigenvalue weighted by Gasteiger charge is -2.31. The first-order chi connectivity index (χ1) is 10.3. The largest absolute Gasteiger partial charge is 0.480 e. The van der Waals surface area contributed by atoms with Gasteiger partial charge in [0.25, 0.3) is 0 Å². The number of piperidine rings is 1. The Morgan fingerprint density at radius 3 is 2.64 bits per heavy atom. The van der Waals surface area contributed by atoms with Crippen LogP contribution in [0.4, 0.5) is 0 Å². The maximum atomic E-state index is 12.6. The average molecular weight is 348 g/mol. The molecular weight excluding hydrogens is 330 g/mol. The van der Waals surface area contributed by atoms with Gasteiger partial charge in [-0.15, -0.1) is 0 Å². The van der Waals surface area contributed by atoms with Crippen molar-refractivity contribution in [3.63, 3.8) is 0 Å². The van der Waals surface area contributed by atoms with Gasteiger partial charge in [-0.3, -0.25) is 0 Å². The summed E-state index contributed by atoms with van der Waals surface area (Å²) < 4.78 is 31.9. The fraction of sp³-hybridized carbons (Fsp3) is 0.500. The van der Waals surface area contributed by atoms with Crippen LogP contribution in [0.3, 0.4) is 0 Å². The Hall–Kier alpha value is -1.15. The Morgan fingerprint density at radius 2 is 2.05 bits per heavy atom. The molecule has 1 aromatic rings. The zero-order chi connectivity index (χ0) is 16.3. The summed E-state index contributed by atoms with van der Waals surface area (Å²) in [5.74, 6) is -1.03. The topological polar surface area (TPSA) is 83.9 Å². The number of aryl methyl sites for hydroxylation is 1. The van der Waals surface area contributed by atoms with Gasteiger partial charge in [-0.2, -0.15) is 4.31 Å². The lowest BCUT2D eigenvalue weighted by atomic mass is 10.1. The lowest BCUT2D eigenvalue weighted by Crippen LogP contribution is -2.41. The number of nitrogens with zero attached hydrogens (tertiary/aromatic N) is 1. The fourth-order valence-electron chi connectivity index (χ4n) is 2.38. The van der Waals surface area contributed by atoms with E-state index in [1.807, 2.05) is 0 Å². The second-order valence-corrected chi connectivity index (χ2v) is 7.56. The molecule has 122 valence electrons. The molecule has 0 spiro atoms. The summed E-state index contributed by atoms with van der Waals surface area (Å²) in [6.07, 6.45) is 0.710. The van der Waals surface area contributed by atoms with Crippen molar-refractivity contribution < 1.29 is 23.1 Å². The molecule has 8 heteroatoms. The zero-order valence-electron chi connectivity index (χ0n) is 12.2. The number of carboxylic acids is 1. The normalized spacial score (nSPS) is 17.5. The number of benzene rings is 1. The average Bonchev–Trinajstić information content (AvgIpc) is 2.48. The van der Waals surface area contributed by atoms with Crippen LogP contribution in [0.5, 0.6) is 0 Å². The highest BCUT2D eigenvalue weighted by Crippen LogP contribution is 2.28. The number of ether oxygens (including phenoxy) is 1. The van der Waals surface area contributed by atoms with E-state index in [4.69, 9.17) is 21.4 Å².